The minimum atomic E-state index is 0.259. The van der Waals surface area contributed by atoms with Gasteiger partial charge >= 0.3 is 0 Å². The smallest absolute Gasteiger partial charge is 0.119 e. The number of nitrogens with zero attached hydrogens (tertiary/aromatic N) is 3. The molecule has 0 saturated carbocycles. The summed E-state index contributed by atoms with van der Waals surface area (Å²) in [4.78, 5) is 10.2. The molecule has 2 atom stereocenters. The van der Waals surface area contributed by atoms with Crippen LogP contribution in [-0.4, -0.2) is 67.5 Å². The van der Waals surface area contributed by atoms with Gasteiger partial charge in [0.25, 0.3) is 0 Å². The molecule has 2 saturated heterocycles. The standard InChI is InChI=1S/C23H37N3O2/c1-19-9-7-16-25(19)17-8-18-28-22-12-10-21(11-13-22)23(24-27-3)20(2)26-14-5-4-6-15-26/h10-13,19-20H,4-9,14-18H2,1-3H3. The van der Waals surface area contributed by atoms with Crippen molar-refractivity contribution in [3.8, 4) is 5.75 Å². The van der Waals surface area contributed by atoms with Crippen LogP contribution in [0, 0.1) is 0 Å². The first-order valence-electron chi connectivity index (χ1n) is 11.0. The molecule has 1 aromatic rings. The number of oxime groups is 1. The molecule has 0 N–H and O–H groups in total. The lowest BCUT2D eigenvalue weighted by Crippen LogP contribution is -2.42. The molecular formula is C23H37N3O2. The molecule has 0 spiro atoms. The lowest BCUT2D eigenvalue weighted by atomic mass is 10.0. The Kier molecular flexibility index (Phi) is 8.16. The maximum absolute atomic E-state index is 5.96. The Hall–Kier alpha value is -1.59. The van der Waals surface area contributed by atoms with Crippen LogP contribution in [0.3, 0.4) is 0 Å². The van der Waals surface area contributed by atoms with Gasteiger partial charge < -0.3 is 14.5 Å². The number of benzene rings is 1. The van der Waals surface area contributed by atoms with Crippen molar-refractivity contribution < 1.29 is 9.57 Å². The Morgan fingerprint density at radius 3 is 2.50 bits per heavy atom. The van der Waals surface area contributed by atoms with E-state index in [0.717, 1.165) is 55.7 Å². The first-order valence-corrected chi connectivity index (χ1v) is 11.0. The van der Waals surface area contributed by atoms with Crippen molar-refractivity contribution in [2.24, 2.45) is 5.16 Å². The van der Waals surface area contributed by atoms with Gasteiger partial charge in [0.15, 0.2) is 0 Å². The van der Waals surface area contributed by atoms with Gasteiger partial charge in [-0.1, -0.05) is 11.6 Å². The van der Waals surface area contributed by atoms with Crippen LogP contribution in [0.25, 0.3) is 0 Å². The first kappa shape index (κ1) is 21.1. The SMILES string of the molecule is CON=C(c1ccc(OCCCN2CCCC2C)cc1)C(C)N1CCCCC1. The Labute approximate surface area is 170 Å². The van der Waals surface area contributed by atoms with E-state index in [0.29, 0.717) is 0 Å². The van der Waals surface area contributed by atoms with Crippen molar-refractivity contribution in [3.63, 3.8) is 0 Å². The summed E-state index contributed by atoms with van der Waals surface area (Å²) in [5.41, 5.74) is 2.11. The van der Waals surface area contributed by atoms with Gasteiger partial charge in [0.2, 0.25) is 0 Å². The second-order valence-corrected chi connectivity index (χ2v) is 8.19. The van der Waals surface area contributed by atoms with Crippen LogP contribution in [-0.2, 0) is 4.84 Å². The quantitative estimate of drug-likeness (QED) is 0.362. The minimum absolute atomic E-state index is 0.259. The molecule has 2 heterocycles. The third kappa shape index (κ3) is 5.71. The van der Waals surface area contributed by atoms with E-state index in [1.165, 1.54) is 38.6 Å². The number of likely N-dealkylation sites (tertiary alicyclic amines) is 2. The monoisotopic (exact) mass is 387 g/mol. The van der Waals surface area contributed by atoms with Crippen molar-refractivity contribution in [1.29, 1.82) is 0 Å². The predicted octanol–water partition coefficient (Wildman–Crippen LogP) is 4.16. The fourth-order valence-corrected chi connectivity index (χ4v) is 4.45. The van der Waals surface area contributed by atoms with Crippen molar-refractivity contribution in [3.05, 3.63) is 29.8 Å². The summed E-state index contributed by atoms with van der Waals surface area (Å²) < 4.78 is 5.96. The summed E-state index contributed by atoms with van der Waals surface area (Å²) in [5.74, 6) is 0.931. The highest BCUT2D eigenvalue weighted by Gasteiger charge is 2.23. The van der Waals surface area contributed by atoms with Crippen LogP contribution in [0.15, 0.2) is 29.4 Å². The van der Waals surface area contributed by atoms with Crippen LogP contribution in [0.1, 0.15) is 57.9 Å². The average Bonchev–Trinajstić information content (AvgIpc) is 3.15. The van der Waals surface area contributed by atoms with E-state index >= 15 is 0 Å². The first-order chi connectivity index (χ1) is 13.7. The van der Waals surface area contributed by atoms with Crippen LogP contribution in [0.5, 0.6) is 5.75 Å². The van der Waals surface area contributed by atoms with Gasteiger partial charge in [-0.25, -0.2) is 0 Å². The van der Waals surface area contributed by atoms with Crippen molar-refractivity contribution in [2.75, 3.05) is 39.9 Å². The van der Waals surface area contributed by atoms with Gasteiger partial charge in [0, 0.05) is 18.2 Å². The van der Waals surface area contributed by atoms with Crippen LogP contribution < -0.4 is 4.74 Å². The zero-order chi connectivity index (χ0) is 19.8. The average molecular weight is 388 g/mol. The number of piperidine rings is 1. The number of rotatable bonds is 9. The largest absolute Gasteiger partial charge is 0.494 e. The van der Waals surface area contributed by atoms with E-state index in [1.807, 2.05) is 0 Å². The molecule has 5 heteroatoms. The van der Waals surface area contributed by atoms with Crippen LogP contribution in [0.2, 0.25) is 0 Å². The fraction of sp³-hybridized carbons (Fsp3) is 0.696. The van der Waals surface area contributed by atoms with E-state index in [4.69, 9.17) is 9.57 Å². The number of ether oxygens (including phenoxy) is 1. The molecule has 156 valence electrons. The molecule has 0 amide bonds. The maximum atomic E-state index is 5.96. The molecular weight excluding hydrogens is 350 g/mol. The van der Waals surface area contributed by atoms with Gasteiger partial charge in [-0.3, -0.25) is 4.90 Å². The molecule has 2 unspecified atom stereocenters. The molecule has 0 aromatic heterocycles. The van der Waals surface area contributed by atoms with Gasteiger partial charge in [-0.2, -0.15) is 0 Å². The third-order valence-electron chi connectivity index (χ3n) is 6.22. The molecule has 0 bridgehead atoms. The summed E-state index contributed by atoms with van der Waals surface area (Å²) in [7, 11) is 1.63. The highest BCUT2D eigenvalue weighted by atomic mass is 16.6. The van der Waals surface area contributed by atoms with Gasteiger partial charge in [-0.15, -0.1) is 0 Å². The summed E-state index contributed by atoms with van der Waals surface area (Å²) in [6.45, 7) is 9.99. The molecule has 2 aliphatic heterocycles. The topological polar surface area (TPSA) is 37.3 Å². The van der Waals surface area contributed by atoms with E-state index in [1.54, 1.807) is 7.11 Å². The van der Waals surface area contributed by atoms with Gasteiger partial charge in [0.05, 0.1) is 12.6 Å². The Balaban J connectivity index is 1.51. The Bertz CT molecular complexity index is 611. The number of hydrogen-bond acceptors (Lipinski definition) is 5. The van der Waals surface area contributed by atoms with E-state index < -0.39 is 0 Å². The second kappa shape index (κ2) is 10.8. The van der Waals surface area contributed by atoms with Gasteiger partial charge in [-0.05, 0) is 89.9 Å². The maximum Gasteiger partial charge on any atom is 0.119 e. The van der Waals surface area contributed by atoms with Crippen molar-refractivity contribution in [1.82, 2.24) is 9.80 Å². The molecule has 0 aliphatic carbocycles. The minimum Gasteiger partial charge on any atom is -0.494 e. The molecule has 3 rings (SSSR count). The predicted molar refractivity (Wildman–Crippen MR) is 115 cm³/mol. The summed E-state index contributed by atoms with van der Waals surface area (Å²) in [6, 6.07) is 9.32. The summed E-state index contributed by atoms with van der Waals surface area (Å²) >= 11 is 0. The van der Waals surface area contributed by atoms with E-state index in [2.05, 4.69) is 53.1 Å². The van der Waals surface area contributed by atoms with E-state index in [9.17, 15) is 0 Å². The molecule has 2 aliphatic rings. The molecule has 28 heavy (non-hydrogen) atoms. The zero-order valence-electron chi connectivity index (χ0n) is 17.9. The Morgan fingerprint density at radius 2 is 1.86 bits per heavy atom. The molecule has 2 fully saturated rings. The fourth-order valence-electron chi connectivity index (χ4n) is 4.45. The van der Waals surface area contributed by atoms with Crippen LogP contribution in [0.4, 0.5) is 0 Å². The Morgan fingerprint density at radius 1 is 1.11 bits per heavy atom. The van der Waals surface area contributed by atoms with Gasteiger partial charge in [0.1, 0.15) is 18.6 Å². The normalized spacial score (nSPS) is 23.0. The summed E-state index contributed by atoms with van der Waals surface area (Å²) in [5, 5.41) is 4.35. The van der Waals surface area contributed by atoms with Crippen molar-refractivity contribution >= 4 is 5.71 Å². The number of hydrogen-bond donors (Lipinski definition) is 0. The van der Waals surface area contributed by atoms with E-state index in [-0.39, 0.29) is 6.04 Å². The summed E-state index contributed by atoms with van der Waals surface area (Å²) in [6.07, 6.45) is 7.63. The lowest BCUT2D eigenvalue weighted by molar-refractivity contribution is 0.190. The molecule has 1 aromatic carbocycles. The highest BCUT2D eigenvalue weighted by molar-refractivity contribution is 6.04. The zero-order valence-corrected chi connectivity index (χ0v) is 17.9. The highest BCUT2D eigenvalue weighted by Crippen LogP contribution is 2.20. The second-order valence-electron chi connectivity index (χ2n) is 8.19. The lowest BCUT2D eigenvalue weighted by Gasteiger charge is -2.32. The molecule has 0 radical (unpaired) electrons. The molecule has 5 nitrogen and oxygen atoms in total. The van der Waals surface area contributed by atoms with Crippen LogP contribution >= 0.6 is 0 Å². The third-order valence-corrected chi connectivity index (χ3v) is 6.22. The van der Waals surface area contributed by atoms with Crippen molar-refractivity contribution in [2.45, 2.75) is 64.5 Å².